The molecule has 1 aliphatic heterocycles. The Hall–Kier alpha value is -2.16. The maximum Gasteiger partial charge on any atom is 0.254 e. The topological polar surface area (TPSA) is 114 Å². The Labute approximate surface area is 158 Å². The van der Waals surface area contributed by atoms with Gasteiger partial charge in [-0.05, 0) is 38.1 Å². The van der Waals surface area contributed by atoms with Crippen LogP contribution in [0.1, 0.15) is 24.2 Å². The molecule has 2 atom stereocenters. The monoisotopic (exact) mass is 384 g/mol. The summed E-state index contributed by atoms with van der Waals surface area (Å²) in [5, 5.41) is 5.03. The van der Waals surface area contributed by atoms with Crippen molar-refractivity contribution >= 4 is 35.8 Å². The molecule has 1 saturated heterocycles. The van der Waals surface area contributed by atoms with Crippen LogP contribution in [0.25, 0.3) is 0 Å². The van der Waals surface area contributed by atoms with Crippen molar-refractivity contribution in [2.24, 2.45) is 5.73 Å². The summed E-state index contributed by atoms with van der Waals surface area (Å²) in [6.45, 7) is 4.68. The SMILES string of the molecule is CC1CN(C(=O)c2ccc(NC(=O)CNC(=O)CN)cc2)CC(C)O1.Cl. The molecule has 8 nitrogen and oxygen atoms in total. The first-order chi connectivity index (χ1) is 11.9. The number of halogens is 1. The van der Waals surface area contributed by atoms with Gasteiger partial charge in [0, 0.05) is 24.3 Å². The highest BCUT2D eigenvalue weighted by Crippen LogP contribution is 2.16. The second-order valence-electron chi connectivity index (χ2n) is 6.07. The van der Waals surface area contributed by atoms with Gasteiger partial charge in [0.25, 0.3) is 5.91 Å². The Morgan fingerprint density at radius 2 is 1.69 bits per heavy atom. The summed E-state index contributed by atoms with van der Waals surface area (Å²) >= 11 is 0. The molecule has 1 aliphatic rings. The van der Waals surface area contributed by atoms with E-state index in [-0.39, 0.29) is 49.5 Å². The summed E-state index contributed by atoms with van der Waals surface area (Å²) in [4.78, 5) is 37.1. The summed E-state index contributed by atoms with van der Waals surface area (Å²) in [6, 6.07) is 6.65. The van der Waals surface area contributed by atoms with Gasteiger partial charge in [-0.3, -0.25) is 14.4 Å². The van der Waals surface area contributed by atoms with Crippen molar-refractivity contribution < 1.29 is 19.1 Å². The van der Waals surface area contributed by atoms with Crippen molar-refractivity contribution in [3.63, 3.8) is 0 Å². The van der Waals surface area contributed by atoms with Crippen LogP contribution in [-0.2, 0) is 14.3 Å². The van der Waals surface area contributed by atoms with E-state index in [4.69, 9.17) is 10.5 Å². The smallest absolute Gasteiger partial charge is 0.254 e. The van der Waals surface area contributed by atoms with Crippen LogP contribution in [0.5, 0.6) is 0 Å². The highest BCUT2D eigenvalue weighted by molar-refractivity contribution is 5.97. The van der Waals surface area contributed by atoms with Gasteiger partial charge in [0.05, 0.1) is 25.3 Å². The van der Waals surface area contributed by atoms with E-state index in [0.29, 0.717) is 24.3 Å². The predicted octanol–water partition coefficient (Wildman–Crippen LogP) is 0.371. The fourth-order valence-electron chi connectivity index (χ4n) is 2.68. The minimum atomic E-state index is -0.398. The van der Waals surface area contributed by atoms with Crippen molar-refractivity contribution in [1.82, 2.24) is 10.2 Å². The number of hydrogen-bond donors (Lipinski definition) is 3. The maximum atomic E-state index is 12.6. The number of nitrogens with one attached hydrogen (secondary N) is 2. The van der Waals surface area contributed by atoms with Gasteiger partial charge in [0.2, 0.25) is 11.8 Å². The van der Waals surface area contributed by atoms with E-state index in [9.17, 15) is 14.4 Å². The number of carbonyl (C=O) groups excluding carboxylic acids is 3. The Morgan fingerprint density at radius 3 is 2.23 bits per heavy atom. The van der Waals surface area contributed by atoms with E-state index < -0.39 is 5.91 Å². The summed E-state index contributed by atoms with van der Waals surface area (Å²) in [5.74, 6) is -0.822. The zero-order valence-corrected chi connectivity index (χ0v) is 15.7. The first-order valence-electron chi connectivity index (χ1n) is 8.20. The molecular formula is C17H25ClN4O4. The molecule has 0 bridgehead atoms. The van der Waals surface area contributed by atoms with Gasteiger partial charge >= 0.3 is 0 Å². The van der Waals surface area contributed by atoms with Gasteiger partial charge in [0.1, 0.15) is 0 Å². The van der Waals surface area contributed by atoms with Crippen LogP contribution in [0.3, 0.4) is 0 Å². The van der Waals surface area contributed by atoms with Crippen molar-refractivity contribution in [2.45, 2.75) is 26.1 Å². The molecule has 26 heavy (non-hydrogen) atoms. The molecule has 0 aliphatic carbocycles. The van der Waals surface area contributed by atoms with E-state index >= 15 is 0 Å². The van der Waals surface area contributed by atoms with Gasteiger partial charge in [-0.2, -0.15) is 0 Å². The number of amides is 3. The van der Waals surface area contributed by atoms with Crippen molar-refractivity contribution in [3.8, 4) is 0 Å². The molecule has 0 saturated carbocycles. The first-order valence-corrected chi connectivity index (χ1v) is 8.20. The summed E-state index contributed by atoms with van der Waals surface area (Å²) < 4.78 is 5.63. The first kappa shape index (κ1) is 21.9. The second-order valence-corrected chi connectivity index (χ2v) is 6.07. The lowest BCUT2D eigenvalue weighted by Gasteiger charge is -2.35. The molecule has 4 N–H and O–H groups in total. The molecule has 144 valence electrons. The van der Waals surface area contributed by atoms with E-state index in [1.165, 1.54) is 0 Å². The summed E-state index contributed by atoms with van der Waals surface area (Å²) in [7, 11) is 0. The van der Waals surface area contributed by atoms with E-state index in [1.54, 1.807) is 29.2 Å². The number of rotatable bonds is 5. The molecule has 1 fully saturated rings. The van der Waals surface area contributed by atoms with Crippen molar-refractivity contribution in [1.29, 1.82) is 0 Å². The average molecular weight is 385 g/mol. The molecule has 1 aromatic carbocycles. The number of nitrogens with zero attached hydrogens (tertiary/aromatic N) is 1. The molecule has 3 amide bonds. The van der Waals surface area contributed by atoms with Crippen LogP contribution in [0.15, 0.2) is 24.3 Å². The quantitative estimate of drug-likeness (QED) is 0.678. The Kier molecular flexibility index (Phi) is 8.50. The number of benzene rings is 1. The predicted molar refractivity (Wildman–Crippen MR) is 100 cm³/mol. The van der Waals surface area contributed by atoms with Gasteiger partial charge in [0.15, 0.2) is 0 Å². The lowest BCUT2D eigenvalue weighted by Crippen LogP contribution is -2.48. The standard InChI is InChI=1S/C17H24N4O4.ClH/c1-11-9-21(10-12(2)25-11)17(24)13-3-5-14(6-4-13)20-16(23)8-19-15(22)7-18;/h3-6,11-12H,7-10,18H2,1-2H3,(H,19,22)(H,20,23);1H. The Morgan fingerprint density at radius 1 is 1.12 bits per heavy atom. The maximum absolute atomic E-state index is 12.6. The highest BCUT2D eigenvalue weighted by Gasteiger charge is 2.26. The van der Waals surface area contributed by atoms with Crippen LogP contribution in [0, 0.1) is 0 Å². The van der Waals surface area contributed by atoms with Crippen LogP contribution in [0.2, 0.25) is 0 Å². The van der Waals surface area contributed by atoms with Gasteiger partial charge in [-0.15, -0.1) is 12.4 Å². The molecule has 1 aromatic rings. The van der Waals surface area contributed by atoms with Gasteiger partial charge < -0.3 is 26.0 Å². The minimum Gasteiger partial charge on any atom is -0.372 e. The Bertz CT molecular complexity index is 628. The van der Waals surface area contributed by atoms with Crippen LogP contribution in [-0.4, -0.2) is 61.0 Å². The van der Waals surface area contributed by atoms with Crippen LogP contribution < -0.4 is 16.4 Å². The number of nitrogens with two attached hydrogens (primary N) is 1. The third-order valence-corrected chi connectivity index (χ3v) is 3.75. The largest absolute Gasteiger partial charge is 0.372 e. The molecule has 0 spiro atoms. The normalized spacial score (nSPS) is 19.3. The summed E-state index contributed by atoms with van der Waals surface area (Å²) in [5.41, 5.74) is 6.25. The van der Waals surface area contributed by atoms with E-state index in [0.717, 1.165) is 0 Å². The molecule has 2 rings (SSSR count). The lowest BCUT2D eigenvalue weighted by atomic mass is 10.1. The van der Waals surface area contributed by atoms with E-state index in [1.807, 2.05) is 13.8 Å². The minimum absolute atomic E-state index is 0. The number of morpholine rings is 1. The molecular weight excluding hydrogens is 360 g/mol. The number of ether oxygens (including phenoxy) is 1. The third-order valence-electron chi connectivity index (χ3n) is 3.75. The van der Waals surface area contributed by atoms with Crippen molar-refractivity contribution in [3.05, 3.63) is 29.8 Å². The fraction of sp³-hybridized carbons (Fsp3) is 0.471. The third kappa shape index (κ3) is 6.29. The number of hydrogen-bond acceptors (Lipinski definition) is 5. The zero-order chi connectivity index (χ0) is 18.4. The van der Waals surface area contributed by atoms with Crippen molar-refractivity contribution in [2.75, 3.05) is 31.5 Å². The zero-order valence-electron chi connectivity index (χ0n) is 14.9. The molecule has 9 heteroatoms. The molecule has 2 unspecified atom stereocenters. The number of anilines is 1. The lowest BCUT2D eigenvalue weighted by molar-refractivity contribution is -0.123. The van der Waals surface area contributed by atoms with Gasteiger partial charge in [-0.1, -0.05) is 0 Å². The van der Waals surface area contributed by atoms with Crippen LogP contribution >= 0.6 is 12.4 Å². The Balaban J connectivity index is 0.00000338. The number of carbonyl (C=O) groups is 3. The highest BCUT2D eigenvalue weighted by atomic mass is 35.5. The average Bonchev–Trinajstić information content (AvgIpc) is 2.58. The van der Waals surface area contributed by atoms with Gasteiger partial charge in [-0.25, -0.2) is 0 Å². The summed E-state index contributed by atoms with van der Waals surface area (Å²) in [6.07, 6.45) is 0.0185. The second kappa shape index (κ2) is 10.1. The van der Waals surface area contributed by atoms with Crippen LogP contribution in [0.4, 0.5) is 5.69 Å². The fourth-order valence-corrected chi connectivity index (χ4v) is 2.68. The molecule has 0 aromatic heterocycles. The van der Waals surface area contributed by atoms with E-state index in [2.05, 4.69) is 10.6 Å². The molecule has 0 radical (unpaired) electrons. The molecule has 1 heterocycles.